The Hall–Kier alpha value is -1.57. The van der Waals surface area contributed by atoms with Crippen LogP contribution < -0.4 is 5.32 Å². The standard InChI is InChI=1S/C13H16ClN3O3S/c1-9-6-7-15-13(14)12(9)16-8-10-4-5-11(20-10)21(18,19)17(2)3/h4-7,16H,8H2,1-3H3. The van der Waals surface area contributed by atoms with Crippen molar-refractivity contribution in [2.24, 2.45) is 0 Å². The molecule has 0 saturated carbocycles. The average Bonchev–Trinajstić information content (AvgIpc) is 2.87. The lowest BCUT2D eigenvalue weighted by atomic mass is 10.2. The lowest BCUT2D eigenvalue weighted by Gasteiger charge is -2.10. The van der Waals surface area contributed by atoms with Crippen molar-refractivity contribution in [3.8, 4) is 0 Å². The van der Waals surface area contributed by atoms with E-state index in [9.17, 15) is 8.42 Å². The van der Waals surface area contributed by atoms with Crippen molar-refractivity contribution in [3.05, 3.63) is 40.9 Å². The summed E-state index contributed by atoms with van der Waals surface area (Å²) in [6.07, 6.45) is 1.62. The van der Waals surface area contributed by atoms with Crippen molar-refractivity contribution in [1.29, 1.82) is 0 Å². The molecule has 8 heteroatoms. The molecule has 6 nitrogen and oxygen atoms in total. The molecular formula is C13H16ClN3O3S. The molecule has 0 spiro atoms. The quantitative estimate of drug-likeness (QED) is 0.853. The fraction of sp³-hybridized carbons (Fsp3) is 0.308. The third kappa shape index (κ3) is 3.37. The Morgan fingerprint density at radius 1 is 1.33 bits per heavy atom. The van der Waals surface area contributed by atoms with E-state index in [4.69, 9.17) is 16.0 Å². The summed E-state index contributed by atoms with van der Waals surface area (Å²) in [5.41, 5.74) is 1.65. The predicted octanol–water partition coefficient (Wildman–Crippen LogP) is 2.50. The van der Waals surface area contributed by atoms with Crippen molar-refractivity contribution in [3.63, 3.8) is 0 Å². The van der Waals surface area contributed by atoms with Crippen LogP contribution in [0.25, 0.3) is 0 Å². The van der Waals surface area contributed by atoms with Crippen LogP contribution in [0.1, 0.15) is 11.3 Å². The molecule has 0 aliphatic heterocycles. The molecule has 0 aliphatic carbocycles. The van der Waals surface area contributed by atoms with Gasteiger partial charge < -0.3 is 9.73 Å². The van der Waals surface area contributed by atoms with Crippen LogP contribution in [0.2, 0.25) is 5.15 Å². The van der Waals surface area contributed by atoms with Crippen LogP contribution in [0.4, 0.5) is 5.69 Å². The summed E-state index contributed by atoms with van der Waals surface area (Å²) >= 11 is 6.01. The maximum atomic E-state index is 11.9. The highest BCUT2D eigenvalue weighted by atomic mass is 35.5. The second-order valence-corrected chi connectivity index (χ2v) is 7.10. The molecule has 21 heavy (non-hydrogen) atoms. The minimum Gasteiger partial charge on any atom is -0.446 e. The molecule has 0 aliphatic rings. The molecule has 0 radical (unpaired) electrons. The van der Waals surface area contributed by atoms with E-state index in [1.807, 2.05) is 13.0 Å². The maximum Gasteiger partial charge on any atom is 0.275 e. The van der Waals surface area contributed by atoms with Crippen LogP contribution in [0.5, 0.6) is 0 Å². The zero-order valence-electron chi connectivity index (χ0n) is 11.9. The lowest BCUT2D eigenvalue weighted by Crippen LogP contribution is -2.21. The van der Waals surface area contributed by atoms with Crippen LogP contribution >= 0.6 is 11.6 Å². The number of pyridine rings is 1. The highest BCUT2D eigenvalue weighted by Gasteiger charge is 2.21. The number of halogens is 1. The monoisotopic (exact) mass is 329 g/mol. The number of rotatable bonds is 5. The largest absolute Gasteiger partial charge is 0.446 e. The van der Waals surface area contributed by atoms with Crippen LogP contribution in [0.3, 0.4) is 0 Å². The molecule has 2 aromatic heterocycles. The van der Waals surface area contributed by atoms with E-state index in [-0.39, 0.29) is 5.09 Å². The van der Waals surface area contributed by atoms with Crippen LogP contribution in [-0.2, 0) is 16.6 Å². The first-order valence-electron chi connectivity index (χ1n) is 6.18. The first-order chi connectivity index (χ1) is 9.82. The summed E-state index contributed by atoms with van der Waals surface area (Å²) in [6, 6.07) is 4.88. The van der Waals surface area contributed by atoms with E-state index in [1.54, 1.807) is 12.3 Å². The number of nitrogens with one attached hydrogen (secondary N) is 1. The molecule has 1 N–H and O–H groups in total. The van der Waals surface area contributed by atoms with Gasteiger partial charge in [-0.05, 0) is 30.7 Å². The van der Waals surface area contributed by atoms with Crippen molar-refractivity contribution in [2.45, 2.75) is 18.6 Å². The maximum absolute atomic E-state index is 11.9. The van der Waals surface area contributed by atoms with Gasteiger partial charge in [0.15, 0.2) is 5.15 Å². The molecule has 0 amide bonds. The lowest BCUT2D eigenvalue weighted by molar-refractivity contribution is 0.402. The van der Waals surface area contributed by atoms with Gasteiger partial charge in [-0.1, -0.05) is 11.6 Å². The Kier molecular flexibility index (Phi) is 4.55. The van der Waals surface area contributed by atoms with Crippen LogP contribution in [0.15, 0.2) is 33.9 Å². The third-order valence-electron chi connectivity index (χ3n) is 2.92. The SMILES string of the molecule is Cc1ccnc(Cl)c1NCc1ccc(S(=O)(=O)N(C)C)o1. The van der Waals surface area contributed by atoms with E-state index in [2.05, 4.69) is 10.3 Å². The molecule has 114 valence electrons. The molecule has 2 rings (SSSR count). The second kappa shape index (κ2) is 6.05. The molecule has 0 fully saturated rings. The molecule has 0 aromatic carbocycles. The van der Waals surface area contributed by atoms with E-state index in [1.165, 1.54) is 20.2 Å². The summed E-state index contributed by atoms with van der Waals surface area (Å²) in [5.74, 6) is 0.495. The van der Waals surface area contributed by atoms with Gasteiger partial charge in [-0.2, -0.15) is 0 Å². The zero-order chi connectivity index (χ0) is 15.6. The van der Waals surface area contributed by atoms with Crippen LogP contribution in [0, 0.1) is 6.92 Å². The smallest absolute Gasteiger partial charge is 0.275 e. The molecule has 2 aromatic rings. The minimum absolute atomic E-state index is 0.0849. The molecular weight excluding hydrogens is 314 g/mol. The highest BCUT2D eigenvalue weighted by Crippen LogP contribution is 2.24. The van der Waals surface area contributed by atoms with Crippen LogP contribution in [-0.4, -0.2) is 31.8 Å². The number of sulfonamides is 1. The van der Waals surface area contributed by atoms with Gasteiger partial charge in [0.1, 0.15) is 5.76 Å². The summed E-state index contributed by atoms with van der Waals surface area (Å²) < 4.78 is 30.3. The zero-order valence-corrected chi connectivity index (χ0v) is 13.5. The Labute approximate surface area is 128 Å². The highest BCUT2D eigenvalue weighted by molar-refractivity contribution is 7.88. The number of furan rings is 1. The molecule has 2 heterocycles. The Balaban J connectivity index is 2.14. The van der Waals surface area contributed by atoms with E-state index in [0.717, 1.165) is 9.87 Å². The number of nitrogens with zero attached hydrogens (tertiary/aromatic N) is 2. The molecule has 0 unspecified atom stereocenters. The Morgan fingerprint density at radius 3 is 2.67 bits per heavy atom. The molecule has 0 saturated heterocycles. The normalized spacial score (nSPS) is 11.9. The Morgan fingerprint density at radius 2 is 2.05 bits per heavy atom. The van der Waals surface area contributed by atoms with Gasteiger partial charge in [-0.25, -0.2) is 17.7 Å². The number of hydrogen-bond acceptors (Lipinski definition) is 5. The van der Waals surface area contributed by atoms with Gasteiger partial charge >= 0.3 is 0 Å². The molecule has 0 atom stereocenters. The van der Waals surface area contributed by atoms with Gasteiger partial charge in [-0.15, -0.1) is 0 Å². The van der Waals surface area contributed by atoms with Crippen molar-refractivity contribution in [1.82, 2.24) is 9.29 Å². The third-order valence-corrected chi connectivity index (χ3v) is 4.90. The fourth-order valence-corrected chi connectivity index (χ4v) is 2.77. The topological polar surface area (TPSA) is 75.4 Å². The van der Waals surface area contributed by atoms with Crippen molar-refractivity contribution >= 4 is 27.3 Å². The summed E-state index contributed by atoms with van der Waals surface area (Å²) in [5, 5.41) is 3.37. The van der Waals surface area contributed by atoms with Gasteiger partial charge in [0.25, 0.3) is 10.0 Å². The second-order valence-electron chi connectivity index (χ2n) is 4.66. The summed E-state index contributed by atoms with van der Waals surface area (Å²) in [7, 11) is -0.649. The first kappa shape index (κ1) is 15.8. The fourth-order valence-electron chi connectivity index (χ4n) is 1.68. The van der Waals surface area contributed by atoms with E-state index >= 15 is 0 Å². The first-order valence-corrected chi connectivity index (χ1v) is 8.00. The van der Waals surface area contributed by atoms with Gasteiger partial charge in [-0.3, -0.25) is 0 Å². The van der Waals surface area contributed by atoms with Crippen molar-refractivity contribution < 1.29 is 12.8 Å². The number of aryl methyl sites for hydroxylation is 1. The average molecular weight is 330 g/mol. The van der Waals surface area contributed by atoms with Gasteiger partial charge in [0, 0.05) is 20.3 Å². The van der Waals surface area contributed by atoms with Gasteiger partial charge in [0.05, 0.1) is 12.2 Å². The Bertz CT molecular complexity index is 721. The summed E-state index contributed by atoms with van der Waals surface area (Å²) in [6.45, 7) is 2.22. The molecule has 0 bridgehead atoms. The summed E-state index contributed by atoms with van der Waals surface area (Å²) in [4.78, 5) is 3.99. The number of anilines is 1. The van der Waals surface area contributed by atoms with E-state index in [0.29, 0.717) is 23.1 Å². The predicted molar refractivity (Wildman–Crippen MR) is 80.9 cm³/mol. The number of hydrogen-bond donors (Lipinski definition) is 1. The van der Waals surface area contributed by atoms with Gasteiger partial charge in [0.2, 0.25) is 5.09 Å². The number of aromatic nitrogens is 1. The van der Waals surface area contributed by atoms with Crippen molar-refractivity contribution in [2.75, 3.05) is 19.4 Å². The van der Waals surface area contributed by atoms with E-state index < -0.39 is 10.0 Å². The minimum atomic E-state index is -3.55.